The number of nitrogens with zero attached hydrogens (tertiary/aromatic N) is 1. The maximum Gasteiger partial charge on any atom is 0.331 e. The van der Waals surface area contributed by atoms with Gasteiger partial charge in [0, 0.05) is 6.08 Å². The zero-order valence-electron chi connectivity index (χ0n) is 15.2. The van der Waals surface area contributed by atoms with Crippen molar-refractivity contribution in [3.63, 3.8) is 0 Å². The summed E-state index contributed by atoms with van der Waals surface area (Å²) in [5, 5.41) is 13.6. The predicted octanol–water partition coefficient (Wildman–Crippen LogP) is 4.60. The monoisotopic (exact) mass is 410 g/mol. The van der Waals surface area contributed by atoms with Crippen molar-refractivity contribution < 1.29 is 23.1 Å². The molecular weight excluding hydrogens is 395 g/mol. The van der Waals surface area contributed by atoms with Gasteiger partial charge in [-0.3, -0.25) is 4.79 Å². The number of carbonyl (C=O) groups excluding carboxylic acids is 2. The molecule has 0 saturated heterocycles. The van der Waals surface area contributed by atoms with Crippen molar-refractivity contribution >= 4 is 34.3 Å². The van der Waals surface area contributed by atoms with E-state index in [0.717, 1.165) is 6.08 Å². The van der Waals surface area contributed by atoms with Crippen molar-refractivity contribution in [3.05, 3.63) is 71.1 Å². The molecule has 29 heavy (non-hydrogen) atoms. The Bertz CT molecular complexity index is 1110. The van der Waals surface area contributed by atoms with Crippen LogP contribution < -0.4 is 5.32 Å². The third kappa shape index (κ3) is 4.97. The molecule has 0 bridgehead atoms. The number of nitrogens with one attached hydrogen (secondary N) is 1. The van der Waals surface area contributed by atoms with E-state index in [9.17, 15) is 14.0 Å². The van der Waals surface area contributed by atoms with E-state index in [-0.39, 0.29) is 0 Å². The first kappa shape index (κ1) is 20.0. The van der Waals surface area contributed by atoms with Gasteiger partial charge in [-0.05, 0) is 48.7 Å². The smallest absolute Gasteiger partial charge is 0.331 e. The van der Waals surface area contributed by atoms with E-state index < -0.39 is 23.8 Å². The topological polar surface area (TPSA) is 92.3 Å². The van der Waals surface area contributed by atoms with Crippen LogP contribution in [0.1, 0.15) is 18.2 Å². The maximum atomic E-state index is 13.8. The highest BCUT2D eigenvalue weighted by molar-refractivity contribution is 7.14. The quantitative estimate of drug-likeness (QED) is 0.473. The molecule has 0 fully saturated rings. The maximum absolute atomic E-state index is 13.8. The first-order valence-corrected chi connectivity index (χ1v) is 9.38. The van der Waals surface area contributed by atoms with Crippen molar-refractivity contribution in [2.45, 2.75) is 13.0 Å². The summed E-state index contributed by atoms with van der Waals surface area (Å²) >= 11 is 1.20. The standard InChI is InChI=1S/C21H15FN2O4S/c1-13(20(26)24-21-14(12-23)10-11-29-21)27-19(25)9-7-15-6-8-18(28-15)16-4-2-3-5-17(16)22/h2-11,13H,1H3,(H,24,26)/b9-7+/t13-/m1/s1. The van der Waals surface area contributed by atoms with Gasteiger partial charge in [0.2, 0.25) is 0 Å². The Labute approximate surface area is 169 Å². The van der Waals surface area contributed by atoms with E-state index in [4.69, 9.17) is 14.4 Å². The number of rotatable bonds is 6. The zero-order valence-corrected chi connectivity index (χ0v) is 16.0. The van der Waals surface area contributed by atoms with Crippen LogP contribution in [0.5, 0.6) is 0 Å². The molecule has 2 aromatic heterocycles. The molecule has 146 valence electrons. The molecule has 1 atom stereocenters. The van der Waals surface area contributed by atoms with Gasteiger partial charge in [-0.2, -0.15) is 5.26 Å². The van der Waals surface area contributed by atoms with Crippen LogP contribution in [0.3, 0.4) is 0 Å². The third-order valence-corrected chi connectivity index (χ3v) is 4.66. The number of ether oxygens (including phenoxy) is 1. The Morgan fingerprint density at radius 2 is 2.07 bits per heavy atom. The molecule has 0 aliphatic rings. The molecule has 0 radical (unpaired) electrons. The van der Waals surface area contributed by atoms with Crippen LogP contribution in [0.2, 0.25) is 0 Å². The fraction of sp³-hybridized carbons (Fsp3) is 0.0952. The number of furan rings is 1. The minimum Gasteiger partial charge on any atom is -0.457 e. The van der Waals surface area contributed by atoms with E-state index in [1.165, 1.54) is 30.4 Å². The summed E-state index contributed by atoms with van der Waals surface area (Å²) in [4.78, 5) is 24.1. The Kier molecular flexibility index (Phi) is 6.22. The van der Waals surface area contributed by atoms with Gasteiger partial charge in [0.05, 0.1) is 11.1 Å². The van der Waals surface area contributed by atoms with Gasteiger partial charge in [0.15, 0.2) is 6.10 Å². The molecular formula is C21H15FN2O4S. The molecule has 0 saturated carbocycles. The van der Waals surface area contributed by atoms with Crippen LogP contribution >= 0.6 is 11.3 Å². The SMILES string of the molecule is C[C@@H](OC(=O)/C=C/c1ccc(-c2ccccc2F)o1)C(=O)Nc1sccc1C#N. The van der Waals surface area contributed by atoms with Gasteiger partial charge in [-0.25, -0.2) is 9.18 Å². The molecule has 1 aromatic carbocycles. The summed E-state index contributed by atoms with van der Waals surface area (Å²) in [6, 6.07) is 12.9. The second kappa shape index (κ2) is 8.99. The normalized spacial score (nSPS) is 11.8. The Morgan fingerprint density at radius 1 is 1.28 bits per heavy atom. The highest BCUT2D eigenvalue weighted by Crippen LogP contribution is 2.25. The summed E-state index contributed by atoms with van der Waals surface area (Å²) in [5.74, 6) is -1.06. The number of esters is 1. The van der Waals surface area contributed by atoms with Crippen LogP contribution in [-0.4, -0.2) is 18.0 Å². The van der Waals surface area contributed by atoms with Crippen LogP contribution in [0.4, 0.5) is 9.39 Å². The first-order valence-electron chi connectivity index (χ1n) is 8.50. The van der Waals surface area contributed by atoms with E-state index >= 15 is 0 Å². The summed E-state index contributed by atoms with van der Waals surface area (Å²) < 4.78 is 24.3. The fourth-order valence-electron chi connectivity index (χ4n) is 2.37. The summed E-state index contributed by atoms with van der Waals surface area (Å²) in [6.07, 6.45) is 1.41. The molecule has 0 unspecified atom stereocenters. The van der Waals surface area contributed by atoms with Gasteiger partial charge in [-0.15, -0.1) is 11.3 Å². The lowest BCUT2D eigenvalue weighted by atomic mass is 10.1. The van der Waals surface area contributed by atoms with E-state index in [1.54, 1.807) is 41.8 Å². The molecule has 2 heterocycles. The predicted molar refractivity (Wildman–Crippen MR) is 106 cm³/mol. The molecule has 3 aromatic rings. The highest BCUT2D eigenvalue weighted by Gasteiger charge is 2.18. The first-order chi connectivity index (χ1) is 14.0. The number of amides is 1. The molecule has 6 nitrogen and oxygen atoms in total. The van der Waals surface area contributed by atoms with E-state index in [0.29, 0.717) is 27.6 Å². The average molecular weight is 410 g/mol. The molecule has 1 N–H and O–H groups in total. The number of anilines is 1. The molecule has 3 rings (SSSR count). The van der Waals surface area contributed by atoms with Gasteiger partial charge < -0.3 is 14.5 Å². The Morgan fingerprint density at radius 3 is 2.83 bits per heavy atom. The minimum atomic E-state index is -1.06. The summed E-state index contributed by atoms with van der Waals surface area (Å²) in [6.45, 7) is 1.42. The molecule has 0 spiro atoms. The zero-order chi connectivity index (χ0) is 20.8. The molecule has 1 amide bonds. The number of benzene rings is 1. The largest absolute Gasteiger partial charge is 0.457 e. The lowest BCUT2D eigenvalue weighted by Gasteiger charge is -2.11. The molecule has 0 aliphatic heterocycles. The molecule has 0 aliphatic carbocycles. The van der Waals surface area contributed by atoms with Crippen molar-refractivity contribution in [2.75, 3.05) is 5.32 Å². The summed E-state index contributed by atoms with van der Waals surface area (Å²) in [7, 11) is 0. The van der Waals surface area contributed by atoms with E-state index in [2.05, 4.69) is 5.32 Å². The Balaban J connectivity index is 1.58. The van der Waals surface area contributed by atoms with Crippen molar-refractivity contribution in [1.29, 1.82) is 5.26 Å². The highest BCUT2D eigenvalue weighted by atomic mass is 32.1. The fourth-order valence-corrected chi connectivity index (χ4v) is 3.11. The number of halogens is 1. The third-order valence-electron chi connectivity index (χ3n) is 3.83. The van der Waals surface area contributed by atoms with Crippen LogP contribution in [0.25, 0.3) is 17.4 Å². The number of carbonyl (C=O) groups is 2. The number of thiophene rings is 1. The van der Waals surface area contributed by atoms with Gasteiger partial charge in [-0.1, -0.05) is 12.1 Å². The second-order valence-electron chi connectivity index (χ2n) is 5.86. The van der Waals surface area contributed by atoms with Gasteiger partial charge in [0.1, 0.15) is 28.4 Å². The number of hydrogen-bond acceptors (Lipinski definition) is 6. The molecule has 8 heteroatoms. The van der Waals surface area contributed by atoms with Crippen molar-refractivity contribution in [2.24, 2.45) is 0 Å². The number of hydrogen-bond donors (Lipinski definition) is 1. The van der Waals surface area contributed by atoms with Crippen LogP contribution in [0, 0.1) is 17.1 Å². The van der Waals surface area contributed by atoms with Crippen molar-refractivity contribution in [3.8, 4) is 17.4 Å². The average Bonchev–Trinajstić information content (AvgIpc) is 3.35. The van der Waals surface area contributed by atoms with Gasteiger partial charge >= 0.3 is 5.97 Å². The lowest BCUT2D eigenvalue weighted by Crippen LogP contribution is -2.29. The van der Waals surface area contributed by atoms with Gasteiger partial charge in [0.25, 0.3) is 5.91 Å². The van der Waals surface area contributed by atoms with Crippen molar-refractivity contribution in [1.82, 2.24) is 0 Å². The lowest BCUT2D eigenvalue weighted by molar-refractivity contribution is -0.148. The number of nitriles is 1. The minimum absolute atomic E-state index is 0.310. The Hall–Kier alpha value is -3.70. The summed E-state index contributed by atoms with van der Waals surface area (Å²) in [5.41, 5.74) is 0.649. The van der Waals surface area contributed by atoms with Crippen LogP contribution in [0.15, 0.2) is 58.3 Å². The van der Waals surface area contributed by atoms with E-state index in [1.807, 2.05) is 6.07 Å². The van der Waals surface area contributed by atoms with Crippen LogP contribution in [-0.2, 0) is 14.3 Å². The second-order valence-corrected chi connectivity index (χ2v) is 6.77.